The van der Waals surface area contributed by atoms with Crippen LogP contribution in [0.3, 0.4) is 0 Å². The second-order valence-corrected chi connectivity index (χ2v) is 8.00. The standard InChI is InChI=1S/C14H10N4O2S3/c1-7(23-14-18-15-6-22-14)11-16-12(19)10-8(5-21-13(10)17-11)9-3-2-4-20-9/h2-7H,1H3,(H,16,17,19)/t7-/m0/s1. The molecule has 23 heavy (non-hydrogen) atoms. The van der Waals surface area contributed by atoms with Gasteiger partial charge >= 0.3 is 0 Å². The minimum atomic E-state index is -0.151. The van der Waals surface area contributed by atoms with Gasteiger partial charge in [-0.05, 0) is 19.1 Å². The summed E-state index contributed by atoms with van der Waals surface area (Å²) in [5.74, 6) is 1.31. The van der Waals surface area contributed by atoms with E-state index < -0.39 is 0 Å². The van der Waals surface area contributed by atoms with Crippen molar-refractivity contribution < 1.29 is 4.42 Å². The second-order valence-electron chi connectivity index (χ2n) is 4.72. The van der Waals surface area contributed by atoms with Crippen molar-refractivity contribution in [1.29, 1.82) is 0 Å². The van der Waals surface area contributed by atoms with Crippen LogP contribution in [-0.2, 0) is 0 Å². The monoisotopic (exact) mass is 362 g/mol. The molecule has 0 amide bonds. The molecule has 6 nitrogen and oxygen atoms in total. The molecule has 0 aliphatic heterocycles. The van der Waals surface area contributed by atoms with Crippen molar-refractivity contribution in [3.8, 4) is 11.3 Å². The summed E-state index contributed by atoms with van der Waals surface area (Å²) >= 11 is 4.43. The Bertz CT molecular complexity index is 989. The number of aromatic nitrogens is 4. The maximum atomic E-state index is 12.5. The number of H-pyrrole nitrogens is 1. The molecule has 0 aliphatic rings. The number of aromatic amines is 1. The van der Waals surface area contributed by atoms with Crippen molar-refractivity contribution in [3.05, 3.63) is 45.5 Å². The predicted octanol–water partition coefficient (Wildman–Crippen LogP) is 3.95. The van der Waals surface area contributed by atoms with Crippen LogP contribution >= 0.6 is 34.4 Å². The summed E-state index contributed by atoms with van der Waals surface area (Å²) in [6.45, 7) is 1.98. The van der Waals surface area contributed by atoms with E-state index in [1.807, 2.05) is 18.4 Å². The van der Waals surface area contributed by atoms with E-state index in [0.29, 0.717) is 21.8 Å². The summed E-state index contributed by atoms with van der Waals surface area (Å²) in [6.07, 6.45) is 1.59. The van der Waals surface area contributed by atoms with Crippen molar-refractivity contribution >= 4 is 44.7 Å². The highest BCUT2D eigenvalue weighted by Gasteiger charge is 2.18. The molecule has 0 spiro atoms. The number of fused-ring (bicyclic) bond motifs is 1. The summed E-state index contributed by atoms with van der Waals surface area (Å²) in [5, 5.41) is 10.3. The van der Waals surface area contributed by atoms with Crippen LogP contribution < -0.4 is 5.56 Å². The van der Waals surface area contributed by atoms with Gasteiger partial charge in [-0.1, -0.05) is 23.1 Å². The molecule has 4 aromatic rings. The van der Waals surface area contributed by atoms with Gasteiger partial charge < -0.3 is 9.40 Å². The van der Waals surface area contributed by atoms with Crippen LogP contribution in [-0.4, -0.2) is 20.2 Å². The predicted molar refractivity (Wildman–Crippen MR) is 92.1 cm³/mol. The minimum absolute atomic E-state index is 0.0192. The topological polar surface area (TPSA) is 84.7 Å². The summed E-state index contributed by atoms with van der Waals surface area (Å²) in [6, 6.07) is 3.64. The molecular formula is C14H10N4O2S3. The van der Waals surface area contributed by atoms with Gasteiger partial charge in [0.05, 0.1) is 16.9 Å². The maximum Gasteiger partial charge on any atom is 0.260 e. The Hall–Kier alpha value is -1.97. The van der Waals surface area contributed by atoms with Crippen molar-refractivity contribution in [2.24, 2.45) is 0 Å². The Balaban J connectivity index is 1.75. The van der Waals surface area contributed by atoms with Gasteiger partial charge in [-0.15, -0.1) is 21.5 Å². The quantitative estimate of drug-likeness (QED) is 0.553. The van der Waals surface area contributed by atoms with E-state index in [-0.39, 0.29) is 10.8 Å². The molecule has 0 saturated heterocycles. The second kappa shape index (κ2) is 5.91. The van der Waals surface area contributed by atoms with Crippen LogP contribution in [0.2, 0.25) is 0 Å². The summed E-state index contributed by atoms with van der Waals surface area (Å²) < 4.78 is 6.25. The van der Waals surface area contributed by atoms with Gasteiger partial charge in [-0.25, -0.2) is 4.98 Å². The van der Waals surface area contributed by atoms with Crippen LogP contribution in [0, 0.1) is 0 Å². The van der Waals surface area contributed by atoms with E-state index in [1.165, 1.54) is 34.4 Å². The normalized spacial score (nSPS) is 12.7. The Morgan fingerprint density at radius 3 is 3.04 bits per heavy atom. The fourth-order valence-corrected chi connectivity index (χ4v) is 4.81. The molecule has 1 N–H and O–H groups in total. The smallest absolute Gasteiger partial charge is 0.260 e. The minimum Gasteiger partial charge on any atom is -0.464 e. The Morgan fingerprint density at radius 2 is 2.30 bits per heavy atom. The van der Waals surface area contributed by atoms with Crippen molar-refractivity contribution in [1.82, 2.24) is 20.2 Å². The molecule has 0 fully saturated rings. The van der Waals surface area contributed by atoms with Gasteiger partial charge in [0.25, 0.3) is 5.56 Å². The zero-order chi connectivity index (χ0) is 15.8. The number of nitrogens with one attached hydrogen (secondary N) is 1. The van der Waals surface area contributed by atoms with E-state index in [9.17, 15) is 4.79 Å². The van der Waals surface area contributed by atoms with Crippen molar-refractivity contribution in [2.75, 3.05) is 0 Å². The highest BCUT2D eigenvalue weighted by Crippen LogP contribution is 2.35. The fraction of sp³-hybridized carbons (Fsp3) is 0.143. The lowest BCUT2D eigenvalue weighted by Gasteiger charge is -2.08. The number of furan rings is 1. The van der Waals surface area contributed by atoms with E-state index in [4.69, 9.17) is 4.42 Å². The third kappa shape index (κ3) is 2.71. The first-order valence-corrected chi connectivity index (χ1v) is 9.34. The molecule has 0 unspecified atom stereocenters. The summed E-state index contributed by atoms with van der Waals surface area (Å²) in [7, 11) is 0. The molecule has 0 radical (unpaired) electrons. The van der Waals surface area contributed by atoms with Crippen molar-refractivity contribution in [2.45, 2.75) is 16.5 Å². The van der Waals surface area contributed by atoms with E-state index >= 15 is 0 Å². The molecular weight excluding hydrogens is 352 g/mol. The highest BCUT2D eigenvalue weighted by molar-refractivity contribution is 8.01. The molecule has 0 aliphatic carbocycles. The zero-order valence-electron chi connectivity index (χ0n) is 11.8. The first-order chi connectivity index (χ1) is 11.2. The van der Waals surface area contributed by atoms with Crippen LogP contribution in [0.25, 0.3) is 21.5 Å². The van der Waals surface area contributed by atoms with Crippen molar-refractivity contribution in [3.63, 3.8) is 0 Å². The lowest BCUT2D eigenvalue weighted by molar-refractivity contribution is 0.583. The first kappa shape index (κ1) is 14.6. The molecule has 0 saturated carbocycles. The summed E-state index contributed by atoms with van der Waals surface area (Å²) in [4.78, 5) is 20.7. The van der Waals surface area contributed by atoms with Gasteiger partial charge in [-0.2, -0.15) is 0 Å². The average Bonchev–Trinajstić information content (AvgIpc) is 3.27. The summed E-state index contributed by atoms with van der Waals surface area (Å²) in [5.41, 5.74) is 2.31. The molecule has 1 atom stereocenters. The molecule has 4 aromatic heterocycles. The third-order valence-corrected chi connectivity index (χ3v) is 6.04. The molecule has 4 heterocycles. The largest absolute Gasteiger partial charge is 0.464 e. The van der Waals surface area contributed by atoms with Crippen LogP contribution in [0.5, 0.6) is 0 Å². The Morgan fingerprint density at radius 1 is 1.39 bits per heavy atom. The number of thiophene rings is 1. The molecule has 4 rings (SSSR count). The van der Waals surface area contributed by atoms with Gasteiger partial charge in [0.2, 0.25) is 0 Å². The van der Waals surface area contributed by atoms with E-state index in [0.717, 1.165) is 9.90 Å². The number of hydrogen-bond donors (Lipinski definition) is 1. The number of nitrogens with zero attached hydrogens (tertiary/aromatic N) is 3. The molecule has 0 bridgehead atoms. The third-order valence-electron chi connectivity index (χ3n) is 3.25. The number of rotatable bonds is 4. The van der Waals surface area contributed by atoms with Gasteiger partial charge in [0.1, 0.15) is 21.9 Å². The van der Waals surface area contributed by atoms with Crippen LogP contribution in [0.4, 0.5) is 0 Å². The van der Waals surface area contributed by atoms with Gasteiger partial charge in [0.15, 0.2) is 4.34 Å². The number of hydrogen-bond acceptors (Lipinski definition) is 8. The lowest BCUT2D eigenvalue weighted by atomic mass is 10.2. The first-order valence-electron chi connectivity index (χ1n) is 6.70. The molecule has 116 valence electrons. The number of thioether (sulfide) groups is 1. The fourth-order valence-electron chi connectivity index (χ4n) is 2.19. The van der Waals surface area contributed by atoms with E-state index in [1.54, 1.807) is 17.8 Å². The van der Waals surface area contributed by atoms with Gasteiger partial charge in [-0.3, -0.25) is 4.79 Å². The zero-order valence-corrected chi connectivity index (χ0v) is 14.3. The maximum absolute atomic E-state index is 12.5. The van der Waals surface area contributed by atoms with Crippen LogP contribution in [0.15, 0.2) is 42.8 Å². The SMILES string of the molecule is C[C@H](Sc1nncs1)c1nc2scc(-c3ccco3)c2c(=O)[nH]1. The Kier molecular flexibility index (Phi) is 3.76. The lowest BCUT2D eigenvalue weighted by Crippen LogP contribution is -2.12. The van der Waals surface area contributed by atoms with Crippen LogP contribution in [0.1, 0.15) is 18.0 Å². The molecule has 0 aromatic carbocycles. The molecule has 9 heteroatoms. The average molecular weight is 362 g/mol. The Labute approximate surface area is 142 Å². The highest BCUT2D eigenvalue weighted by atomic mass is 32.2. The van der Waals surface area contributed by atoms with Gasteiger partial charge in [0, 0.05) is 10.9 Å². The van der Waals surface area contributed by atoms with E-state index in [2.05, 4.69) is 20.2 Å².